The van der Waals surface area contributed by atoms with E-state index in [2.05, 4.69) is 10.7 Å². The Bertz CT molecular complexity index is 1210. The number of hydrazine groups is 1. The minimum Gasteiger partial charge on any atom is -0.445 e. The maximum absolute atomic E-state index is 13.4. The van der Waals surface area contributed by atoms with Gasteiger partial charge in [0.05, 0.1) is 6.54 Å². The number of benzene rings is 3. The molecule has 0 aromatic heterocycles. The average molecular weight is 533 g/mol. The molecule has 5 N–H and O–H groups in total. The lowest BCUT2D eigenvalue weighted by molar-refractivity contribution is -0.143. The third kappa shape index (κ3) is 9.24. The number of ether oxygens (including phenoxy) is 1. The van der Waals surface area contributed by atoms with Crippen molar-refractivity contribution < 1.29 is 24.2 Å². The van der Waals surface area contributed by atoms with Crippen LogP contribution in [-0.4, -0.2) is 46.2 Å². The molecule has 0 bridgehead atoms. The van der Waals surface area contributed by atoms with Crippen molar-refractivity contribution in [2.24, 2.45) is 11.7 Å². The van der Waals surface area contributed by atoms with Crippen LogP contribution in [0.1, 0.15) is 30.5 Å². The highest BCUT2D eigenvalue weighted by atomic mass is 16.5. The Balaban J connectivity index is 1.75. The predicted molar refractivity (Wildman–Crippen MR) is 148 cm³/mol. The van der Waals surface area contributed by atoms with E-state index in [0.717, 1.165) is 11.1 Å². The summed E-state index contributed by atoms with van der Waals surface area (Å²) in [5.74, 6) is -1.72. The van der Waals surface area contributed by atoms with E-state index in [0.29, 0.717) is 5.56 Å². The van der Waals surface area contributed by atoms with E-state index in [1.807, 2.05) is 66.7 Å². The smallest absolute Gasteiger partial charge is 0.408 e. The normalized spacial score (nSPS) is 13.4. The Kier molecular flexibility index (Phi) is 10.6. The molecule has 206 valence electrons. The third-order valence-electron chi connectivity index (χ3n) is 6.17. The van der Waals surface area contributed by atoms with E-state index in [-0.39, 0.29) is 32.0 Å². The van der Waals surface area contributed by atoms with Gasteiger partial charge in [-0.15, -0.1) is 0 Å². The van der Waals surface area contributed by atoms with Crippen LogP contribution < -0.4 is 16.5 Å². The number of rotatable bonds is 13. The molecule has 2 atom stereocenters. The first-order valence-electron chi connectivity index (χ1n) is 12.8. The fourth-order valence-electron chi connectivity index (χ4n) is 4.06. The molecule has 0 aliphatic heterocycles. The highest BCUT2D eigenvalue weighted by Crippen LogP contribution is 2.17. The van der Waals surface area contributed by atoms with Gasteiger partial charge in [0.15, 0.2) is 5.60 Å². The third-order valence-corrected chi connectivity index (χ3v) is 6.17. The SMILES string of the molecule is CC(C)C(NC(=O)OCc1ccccc1)C(=O)NN(Cc1ccccc1)C[C@](O)(Cc1ccccc1)C(N)=O. The Morgan fingerprint density at radius 2 is 1.38 bits per heavy atom. The van der Waals surface area contributed by atoms with E-state index in [1.54, 1.807) is 38.1 Å². The quantitative estimate of drug-likeness (QED) is 0.250. The standard InChI is InChI=1S/C30H36N4O5/c1-22(2)26(32-29(37)39-20-25-16-10-5-11-17-25)27(35)33-34(19-24-14-8-4-9-15-24)21-30(38,28(31)36)18-23-12-6-3-7-13-23/h3-17,22,26,38H,18-21H2,1-2H3,(H2,31,36)(H,32,37)(H,33,35)/t26?,30-/m1/s1. The van der Waals surface area contributed by atoms with Crippen LogP contribution in [0.15, 0.2) is 91.0 Å². The second kappa shape index (κ2) is 14.1. The number of alkyl carbamates (subject to hydrolysis) is 1. The summed E-state index contributed by atoms with van der Waals surface area (Å²) >= 11 is 0. The molecule has 0 radical (unpaired) electrons. The molecule has 0 aliphatic rings. The summed E-state index contributed by atoms with van der Waals surface area (Å²) in [7, 11) is 0. The van der Waals surface area contributed by atoms with Crippen molar-refractivity contribution in [3.05, 3.63) is 108 Å². The minimum atomic E-state index is -1.97. The molecule has 3 amide bonds. The molecular weight excluding hydrogens is 496 g/mol. The molecule has 0 saturated heterocycles. The van der Waals surface area contributed by atoms with Gasteiger partial charge in [-0.25, -0.2) is 9.80 Å². The maximum Gasteiger partial charge on any atom is 0.408 e. The average Bonchev–Trinajstić information content (AvgIpc) is 2.92. The number of carbonyl (C=O) groups is 3. The molecule has 3 rings (SSSR count). The van der Waals surface area contributed by atoms with Crippen LogP contribution >= 0.6 is 0 Å². The first-order chi connectivity index (χ1) is 18.7. The topological polar surface area (TPSA) is 134 Å². The summed E-state index contributed by atoms with van der Waals surface area (Å²) in [6.07, 6.45) is -0.776. The summed E-state index contributed by atoms with van der Waals surface area (Å²) in [6.45, 7) is 3.54. The molecule has 3 aromatic carbocycles. The molecule has 1 unspecified atom stereocenters. The zero-order valence-corrected chi connectivity index (χ0v) is 22.2. The second-order valence-electron chi connectivity index (χ2n) is 9.80. The molecule has 0 saturated carbocycles. The fourth-order valence-corrected chi connectivity index (χ4v) is 4.06. The van der Waals surface area contributed by atoms with E-state index >= 15 is 0 Å². The van der Waals surface area contributed by atoms with Crippen molar-refractivity contribution in [1.29, 1.82) is 0 Å². The highest BCUT2D eigenvalue weighted by molar-refractivity contribution is 5.86. The summed E-state index contributed by atoms with van der Waals surface area (Å²) in [5, 5.41) is 15.4. The van der Waals surface area contributed by atoms with Gasteiger partial charge in [0.25, 0.3) is 11.8 Å². The predicted octanol–water partition coefficient (Wildman–Crippen LogP) is 2.93. The van der Waals surface area contributed by atoms with Gasteiger partial charge < -0.3 is 20.9 Å². The molecule has 0 heterocycles. The monoisotopic (exact) mass is 532 g/mol. The first kappa shape index (κ1) is 29.3. The molecule has 9 heteroatoms. The molecule has 0 aliphatic carbocycles. The number of hydrogen-bond acceptors (Lipinski definition) is 6. The van der Waals surface area contributed by atoms with Crippen molar-refractivity contribution in [2.45, 2.75) is 45.1 Å². The van der Waals surface area contributed by atoms with Crippen molar-refractivity contribution in [1.82, 2.24) is 15.8 Å². The number of aliphatic hydroxyl groups is 1. The largest absolute Gasteiger partial charge is 0.445 e. The van der Waals surface area contributed by atoms with Gasteiger partial charge in [-0.1, -0.05) is 105 Å². The number of hydrogen-bond donors (Lipinski definition) is 4. The fraction of sp³-hybridized carbons (Fsp3) is 0.300. The number of nitrogens with two attached hydrogens (primary N) is 1. The van der Waals surface area contributed by atoms with Gasteiger partial charge >= 0.3 is 6.09 Å². The number of amides is 3. The first-order valence-corrected chi connectivity index (χ1v) is 12.8. The Morgan fingerprint density at radius 3 is 1.90 bits per heavy atom. The van der Waals surface area contributed by atoms with Crippen LogP contribution in [0.3, 0.4) is 0 Å². The zero-order chi connectivity index (χ0) is 28.3. The van der Waals surface area contributed by atoms with Crippen LogP contribution in [0.2, 0.25) is 0 Å². The lowest BCUT2D eigenvalue weighted by atomic mass is 9.93. The van der Waals surface area contributed by atoms with Gasteiger partial charge in [-0.2, -0.15) is 0 Å². The number of nitrogens with zero attached hydrogens (tertiary/aromatic N) is 1. The molecule has 3 aromatic rings. The Morgan fingerprint density at radius 1 is 0.872 bits per heavy atom. The van der Waals surface area contributed by atoms with Crippen LogP contribution in [-0.2, 0) is 33.9 Å². The lowest BCUT2D eigenvalue weighted by Crippen LogP contribution is -2.60. The minimum absolute atomic E-state index is 0.0397. The maximum atomic E-state index is 13.4. The second-order valence-corrected chi connectivity index (χ2v) is 9.80. The molecule has 0 spiro atoms. The highest BCUT2D eigenvalue weighted by Gasteiger charge is 2.37. The number of nitrogens with one attached hydrogen (secondary N) is 2. The number of primary amides is 1. The van der Waals surface area contributed by atoms with Crippen molar-refractivity contribution in [3.63, 3.8) is 0 Å². The lowest BCUT2D eigenvalue weighted by Gasteiger charge is -2.34. The summed E-state index contributed by atoms with van der Waals surface area (Å²) in [5.41, 5.74) is 8.82. The zero-order valence-electron chi connectivity index (χ0n) is 22.2. The van der Waals surface area contributed by atoms with E-state index in [4.69, 9.17) is 10.5 Å². The molecule has 9 nitrogen and oxygen atoms in total. The summed E-state index contributed by atoms with van der Waals surface area (Å²) in [4.78, 5) is 38.3. The molecule has 39 heavy (non-hydrogen) atoms. The van der Waals surface area contributed by atoms with Crippen LogP contribution in [0.5, 0.6) is 0 Å². The summed E-state index contributed by atoms with van der Waals surface area (Å²) in [6, 6.07) is 26.5. The molecule has 0 fully saturated rings. The van der Waals surface area contributed by atoms with E-state index in [9.17, 15) is 19.5 Å². The Hall–Kier alpha value is -4.21. The Labute approximate surface area is 228 Å². The van der Waals surface area contributed by atoms with Crippen molar-refractivity contribution in [2.75, 3.05) is 6.54 Å². The summed E-state index contributed by atoms with van der Waals surface area (Å²) < 4.78 is 5.29. The van der Waals surface area contributed by atoms with Gasteiger partial charge in [0.1, 0.15) is 12.6 Å². The van der Waals surface area contributed by atoms with Crippen LogP contribution in [0.25, 0.3) is 0 Å². The van der Waals surface area contributed by atoms with Crippen molar-refractivity contribution >= 4 is 17.9 Å². The van der Waals surface area contributed by atoms with Gasteiger partial charge in [0, 0.05) is 13.0 Å². The van der Waals surface area contributed by atoms with Gasteiger partial charge in [-0.05, 0) is 22.6 Å². The van der Waals surface area contributed by atoms with E-state index < -0.39 is 29.6 Å². The van der Waals surface area contributed by atoms with Crippen molar-refractivity contribution in [3.8, 4) is 0 Å². The van der Waals surface area contributed by atoms with Crippen LogP contribution in [0, 0.1) is 5.92 Å². The number of carbonyl (C=O) groups excluding carboxylic acids is 3. The molecular formula is C30H36N4O5. The van der Waals surface area contributed by atoms with Crippen LogP contribution in [0.4, 0.5) is 4.79 Å². The van der Waals surface area contributed by atoms with Gasteiger partial charge in [-0.3, -0.25) is 15.0 Å². The van der Waals surface area contributed by atoms with Gasteiger partial charge in [0.2, 0.25) is 0 Å². The van der Waals surface area contributed by atoms with E-state index in [1.165, 1.54) is 5.01 Å².